The Kier molecular flexibility index (Phi) is 2.60. The highest BCUT2D eigenvalue weighted by Crippen LogP contribution is 2.25. The molecule has 2 heterocycles. The van der Waals surface area contributed by atoms with Crippen LogP contribution in [0.2, 0.25) is 0 Å². The fourth-order valence-corrected chi connectivity index (χ4v) is 2.01. The van der Waals surface area contributed by atoms with Gasteiger partial charge in [-0.05, 0) is 23.8 Å². The van der Waals surface area contributed by atoms with E-state index in [0.29, 0.717) is 16.8 Å². The van der Waals surface area contributed by atoms with Gasteiger partial charge in [0.2, 0.25) is 5.95 Å². The van der Waals surface area contributed by atoms with Crippen LogP contribution in [0.4, 0.5) is 10.3 Å². The first-order valence-electron chi connectivity index (χ1n) is 5.70. The lowest BCUT2D eigenvalue weighted by Crippen LogP contribution is -2.02. The van der Waals surface area contributed by atoms with Crippen LogP contribution >= 0.6 is 0 Å². The second kappa shape index (κ2) is 4.30. The molecule has 0 unspecified atom stereocenters. The fourth-order valence-electron chi connectivity index (χ4n) is 2.01. The number of carbonyl (C=O) groups is 1. The number of carboxylic acids is 1. The monoisotopic (exact) mass is 272 g/mol. The van der Waals surface area contributed by atoms with Crippen LogP contribution in [0.5, 0.6) is 0 Å². The third-order valence-electron chi connectivity index (χ3n) is 2.86. The summed E-state index contributed by atoms with van der Waals surface area (Å²) in [5.74, 6) is -1.54. The highest BCUT2D eigenvalue weighted by molar-refractivity contribution is 5.97. The van der Waals surface area contributed by atoms with Crippen molar-refractivity contribution in [2.24, 2.45) is 0 Å². The Balaban J connectivity index is 2.32. The lowest BCUT2D eigenvalue weighted by Gasteiger charge is -2.07. The van der Waals surface area contributed by atoms with E-state index in [0.717, 1.165) is 0 Å². The van der Waals surface area contributed by atoms with Crippen LogP contribution in [-0.2, 0) is 0 Å². The molecule has 2 aromatic heterocycles. The number of nitrogens with two attached hydrogens (primary N) is 1. The van der Waals surface area contributed by atoms with Crippen LogP contribution in [0.3, 0.4) is 0 Å². The number of hydrogen-bond donors (Lipinski definition) is 2. The Morgan fingerprint density at radius 2 is 2.15 bits per heavy atom. The van der Waals surface area contributed by atoms with Crippen molar-refractivity contribution in [3.63, 3.8) is 0 Å². The molecule has 3 N–H and O–H groups in total. The molecule has 7 heteroatoms. The van der Waals surface area contributed by atoms with Crippen LogP contribution in [0, 0.1) is 5.82 Å². The van der Waals surface area contributed by atoms with Gasteiger partial charge < -0.3 is 10.8 Å². The first kappa shape index (κ1) is 12.1. The van der Waals surface area contributed by atoms with Gasteiger partial charge in [0.15, 0.2) is 5.65 Å². The smallest absolute Gasteiger partial charge is 0.336 e. The third kappa shape index (κ3) is 1.95. The molecule has 1 aromatic carbocycles. The molecule has 0 bridgehead atoms. The van der Waals surface area contributed by atoms with Crippen molar-refractivity contribution >= 4 is 17.6 Å². The van der Waals surface area contributed by atoms with Gasteiger partial charge in [-0.15, -0.1) is 5.10 Å². The average molecular weight is 272 g/mol. The topological polar surface area (TPSA) is 93.5 Å². The highest BCUT2D eigenvalue weighted by atomic mass is 19.1. The zero-order chi connectivity index (χ0) is 14.3. The number of rotatable bonds is 2. The molecule has 0 radical (unpaired) electrons. The Bertz CT molecular complexity index is 828. The number of fused-ring (bicyclic) bond motifs is 1. The maximum atomic E-state index is 13.3. The van der Waals surface area contributed by atoms with E-state index in [2.05, 4.69) is 10.1 Å². The number of carboxylic acid groups (broad SMARTS) is 1. The van der Waals surface area contributed by atoms with E-state index in [9.17, 15) is 14.3 Å². The van der Waals surface area contributed by atoms with E-state index in [-0.39, 0.29) is 11.5 Å². The van der Waals surface area contributed by atoms with Gasteiger partial charge in [-0.25, -0.2) is 13.7 Å². The normalized spacial score (nSPS) is 10.8. The zero-order valence-corrected chi connectivity index (χ0v) is 10.1. The van der Waals surface area contributed by atoms with Crippen LogP contribution in [0.15, 0.2) is 36.5 Å². The van der Waals surface area contributed by atoms with Crippen molar-refractivity contribution in [1.82, 2.24) is 14.6 Å². The van der Waals surface area contributed by atoms with E-state index in [4.69, 9.17) is 5.73 Å². The SMILES string of the molecule is Nc1nc2cc(C(=O)O)c(-c3cccc(F)c3)cn2n1. The van der Waals surface area contributed by atoms with Crippen LogP contribution < -0.4 is 5.73 Å². The molecule has 0 atom stereocenters. The molecule has 0 amide bonds. The summed E-state index contributed by atoms with van der Waals surface area (Å²) in [7, 11) is 0. The van der Waals surface area contributed by atoms with Gasteiger partial charge in [-0.1, -0.05) is 12.1 Å². The van der Waals surface area contributed by atoms with Crippen molar-refractivity contribution in [2.75, 3.05) is 5.73 Å². The van der Waals surface area contributed by atoms with E-state index < -0.39 is 11.8 Å². The summed E-state index contributed by atoms with van der Waals surface area (Å²) in [5, 5.41) is 13.2. The van der Waals surface area contributed by atoms with Gasteiger partial charge in [0.25, 0.3) is 0 Å². The highest BCUT2D eigenvalue weighted by Gasteiger charge is 2.15. The molecule has 0 aliphatic rings. The minimum Gasteiger partial charge on any atom is -0.478 e. The second-order valence-corrected chi connectivity index (χ2v) is 4.19. The molecule has 0 spiro atoms. The van der Waals surface area contributed by atoms with Crippen molar-refractivity contribution in [3.05, 3.63) is 47.9 Å². The number of aromatic carboxylic acids is 1. The number of pyridine rings is 1. The van der Waals surface area contributed by atoms with Gasteiger partial charge >= 0.3 is 5.97 Å². The summed E-state index contributed by atoms with van der Waals surface area (Å²) < 4.78 is 14.7. The minimum absolute atomic E-state index is 0.00972. The third-order valence-corrected chi connectivity index (χ3v) is 2.86. The lowest BCUT2D eigenvalue weighted by atomic mass is 10.0. The molecule has 0 aliphatic carbocycles. The van der Waals surface area contributed by atoms with E-state index in [1.54, 1.807) is 6.07 Å². The van der Waals surface area contributed by atoms with Crippen molar-refractivity contribution in [1.29, 1.82) is 0 Å². The first-order valence-corrected chi connectivity index (χ1v) is 5.70. The Labute approximate surface area is 112 Å². The summed E-state index contributed by atoms with van der Waals surface area (Å²) >= 11 is 0. The molecule has 0 saturated heterocycles. The number of nitrogen functional groups attached to an aromatic ring is 1. The summed E-state index contributed by atoms with van der Waals surface area (Å²) in [6.45, 7) is 0. The molecule has 20 heavy (non-hydrogen) atoms. The minimum atomic E-state index is -1.13. The quantitative estimate of drug-likeness (QED) is 0.742. The Morgan fingerprint density at radius 1 is 1.35 bits per heavy atom. The predicted octanol–water partition coefficient (Wildman–Crippen LogP) is 1.82. The molecule has 0 fully saturated rings. The van der Waals surface area contributed by atoms with Crippen molar-refractivity contribution < 1.29 is 14.3 Å². The molecular formula is C13H9FN4O2. The largest absolute Gasteiger partial charge is 0.478 e. The number of nitrogens with zero attached hydrogens (tertiary/aromatic N) is 3. The lowest BCUT2D eigenvalue weighted by molar-refractivity contribution is 0.0697. The van der Waals surface area contributed by atoms with E-state index >= 15 is 0 Å². The number of benzene rings is 1. The van der Waals surface area contributed by atoms with E-state index in [1.807, 2.05) is 0 Å². The van der Waals surface area contributed by atoms with Gasteiger partial charge in [0, 0.05) is 11.8 Å². The summed E-state index contributed by atoms with van der Waals surface area (Å²) in [6.07, 6.45) is 1.47. The molecule has 6 nitrogen and oxygen atoms in total. The van der Waals surface area contributed by atoms with Crippen molar-refractivity contribution in [3.8, 4) is 11.1 Å². The molecule has 3 aromatic rings. The predicted molar refractivity (Wildman–Crippen MR) is 69.8 cm³/mol. The zero-order valence-electron chi connectivity index (χ0n) is 10.1. The maximum absolute atomic E-state index is 13.3. The van der Waals surface area contributed by atoms with E-state index in [1.165, 1.54) is 35.0 Å². The molecule has 3 rings (SSSR count). The first-order chi connectivity index (χ1) is 9.54. The van der Waals surface area contributed by atoms with Gasteiger partial charge in [0.05, 0.1) is 5.56 Å². The number of anilines is 1. The van der Waals surface area contributed by atoms with Crippen molar-refractivity contribution in [2.45, 2.75) is 0 Å². The van der Waals surface area contributed by atoms with Crippen LogP contribution in [-0.4, -0.2) is 25.7 Å². The van der Waals surface area contributed by atoms with Crippen LogP contribution in [0.1, 0.15) is 10.4 Å². The number of aromatic nitrogens is 3. The molecular weight excluding hydrogens is 263 g/mol. The van der Waals surface area contributed by atoms with Gasteiger partial charge in [-0.2, -0.15) is 4.98 Å². The summed E-state index contributed by atoms with van der Waals surface area (Å²) in [5.41, 5.74) is 6.59. The van der Waals surface area contributed by atoms with Gasteiger partial charge in [0.1, 0.15) is 5.82 Å². The fraction of sp³-hybridized carbons (Fsp3) is 0. The van der Waals surface area contributed by atoms with Gasteiger partial charge in [-0.3, -0.25) is 0 Å². The standard InChI is InChI=1S/C13H9FN4O2/c14-8-3-1-2-7(4-8)10-6-18-11(16-13(15)17-18)5-9(10)12(19)20/h1-6H,(H2,15,17)(H,19,20). The number of halogens is 1. The second-order valence-electron chi connectivity index (χ2n) is 4.19. The Hall–Kier alpha value is -2.96. The maximum Gasteiger partial charge on any atom is 0.336 e. The van der Waals surface area contributed by atoms with Crippen LogP contribution in [0.25, 0.3) is 16.8 Å². The summed E-state index contributed by atoms with van der Waals surface area (Å²) in [6, 6.07) is 7.03. The number of hydrogen-bond acceptors (Lipinski definition) is 4. The average Bonchev–Trinajstić information content (AvgIpc) is 2.76. The molecule has 0 saturated carbocycles. The molecule has 0 aliphatic heterocycles. The Morgan fingerprint density at radius 3 is 2.85 bits per heavy atom. The summed E-state index contributed by atoms with van der Waals surface area (Å²) in [4.78, 5) is 15.2. The molecule has 100 valence electrons.